The Labute approximate surface area is 165 Å². The van der Waals surface area contributed by atoms with Crippen LogP contribution in [0, 0.1) is 0 Å². The molecule has 0 saturated heterocycles. The van der Waals surface area contributed by atoms with Crippen LogP contribution < -0.4 is 15.0 Å². The van der Waals surface area contributed by atoms with E-state index < -0.39 is 0 Å². The van der Waals surface area contributed by atoms with E-state index in [0.29, 0.717) is 18.0 Å². The molecular weight excluding hydrogens is 352 g/mol. The molecule has 0 saturated carbocycles. The molecule has 1 heterocycles. The first-order valence-electron chi connectivity index (χ1n) is 9.34. The summed E-state index contributed by atoms with van der Waals surface area (Å²) in [6.07, 6.45) is 1.42. The second-order valence-corrected chi connectivity index (χ2v) is 6.19. The molecule has 28 heavy (non-hydrogen) atoms. The van der Waals surface area contributed by atoms with Gasteiger partial charge in [0, 0.05) is 24.8 Å². The average molecular weight is 376 g/mol. The van der Waals surface area contributed by atoms with E-state index in [2.05, 4.69) is 20.2 Å². The number of amides is 1. The predicted molar refractivity (Wildman–Crippen MR) is 111 cm³/mol. The number of nitrogens with zero attached hydrogens (tertiary/aromatic N) is 3. The van der Waals surface area contributed by atoms with Gasteiger partial charge in [0.15, 0.2) is 0 Å². The molecule has 0 spiro atoms. The molecular formula is C22H24N4O2. The number of aromatic nitrogens is 2. The van der Waals surface area contributed by atoms with Crippen molar-refractivity contribution in [1.82, 2.24) is 9.97 Å². The third-order valence-corrected chi connectivity index (χ3v) is 4.33. The summed E-state index contributed by atoms with van der Waals surface area (Å²) in [5.41, 5.74) is 2.12. The van der Waals surface area contributed by atoms with Crippen LogP contribution in [0.2, 0.25) is 0 Å². The molecule has 0 unspecified atom stereocenters. The van der Waals surface area contributed by atoms with Crippen LogP contribution >= 0.6 is 0 Å². The molecule has 6 heteroatoms. The van der Waals surface area contributed by atoms with Crippen LogP contribution in [-0.4, -0.2) is 29.0 Å². The van der Waals surface area contributed by atoms with E-state index in [4.69, 9.17) is 4.74 Å². The molecule has 0 aliphatic heterocycles. The molecule has 1 N–H and O–H groups in total. The lowest BCUT2D eigenvalue weighted by Gasteiger charge is -2.19. The molecule has 2 aromatic carbocycles. The Kier molecular flexibility index (Phi) is 6.57. The van der Waals surface area contributed by atoms with Gasteiger partial charge in [-0.15, -0.1) is 0 Å². The first-order valence-corrected chi connectivity index (χ1v) is 9.34. The van der Waals surface area contributed by atoms with Crippen molar-refractivity contribution in [2.45, 2.75) is 20.5 Å². The van der Waals surface area contributed by atoms with Crippen molar-refractivity contribution >= 4 is 17.4 Å². The Morgan fingerprint density at radius 2 is 1.71 bits per heavy atom. The van der Waals surface area contributed by atoms with Gasteiger partial charge < -0.3 is 15.0 Å². The molecule has 6 nitrogen and oxygen atoms in total. The highest BCUT2D eigenvalue weighted by Gasteiger charge is 2.11. The quantitative estimate of drug-likeness (QED) is 0.640. The number of ether oxygens (including phenoxy) is 1. The van der Waals surface area contributed by atoms with E-state index >= 15 is 0 Å². The van der Waals surface area contributed by atoms with Crippen molar-refractivity contribution in [2.24, 2.45) is 0 Å². The van der Waals surface area contributed by atoms with Gasteiger partial charge in [-0.05, 0) is 43.7 Å². The zero-order chi connectivity index (χ0) is 19.8. The van der Waals surface area contributed by atoms with Gasteiger partial charge in [-0.3, -0.25) is 4.79 Å². The fourth-order valence-electron chi connectivity index (χ4n) is 2.76. The molecule has 0 atom stereocenters. The number of benzene rings is 2. The standard InChI is InChI=1S/C22H24N4O2/c1-3-26(4-2)21-14-20(23-16-24-21)22(27)25-18-10-12-19(13-11-18)28-15-17-8-6-5-7-9-17/h5-14,16H,3-4,15H2,1-2H3,(H,25,27). The van der Waals surface area contributed by atoms with Gasteiger partial charge in [-0.2, -0.15) is 0 Å². The second-order valence-electron chi connectivity index (χ2n) is 6.19. The van der Waals surface area contributed by atoms with Gasteiger partial charge >= 0.3 is 0 Å². The largest absolute Gasteiger partial charge is 0.489 e. The molecule has 0 aliphatic carbocycles. The normalized spacial score (nSPS) is 10.4. The van der Waals surface area contributed by atoms with Crippen LogP contribution in [0.1, 0.15) is 29.9 Å². The molecule has 1 aromatic heterocycles. The lowest BCUT2D eigenvalue weighted by Crippen LogP contribution is -2.24. The summed E-state index contributed by atoms with van der Waals surface area (Å²) in [5.74, 6) is 1.22. The van der Waals surface area contributed by atoms with E-state index in [-0.39, 0.29) is 5.91 Å². The predicted octanol–water partition coefficient (Wildman–Crippen LogP) is 4.15. The summed E-state index contributed by atoms with van der Waals surface area (Å²) in [5, 5.41) is 2.86. The zero-order valence-electron chi connectivity index (χ0n) is 16.1. The number of rotatable bonds is 8. The van der Waals surface area contributed by atoms with E-state index in [9.17, 15) is 4.79 Å². The summed E-state index contributed by atoms with van der Waals surface area (Å²) in [4.78, 5) is 22.9. The fraction of sp³-hybridized carbons (Fsp3) is 0.227. The fourth-order valence-corrected chi connectivity index (χ4v) is 2.76. The lowest BCUT2D eigenvalue weighted by molar-refractivity contribution is 0.102. The summed E-state index contributed by atoms with van der Waals surface area (Å²) in [6.45, 7) is 6.24. The molecule has 144 valence electrons. The van der Waals surface area contributed by atoms with Gasteiger partial charge in [0.05, 0.1) is 0 Å². The van der Waals surface area contributed by atoms with Crippen LogP contribution in [0.15, 0.2) is 67.0 Å². The monoisotopic (exact) mass is 376 g/mol. The third-order valence-electron chi connectivity index (χ3n) is 4.33. The highest BCUT2D eigenvalue weighted by molar-refractivity contribution is 6.03. The smallest absolute Gasteiger partial charge is 0.274 e. The minimum atomic E-state index is -0.270. The number of carbonyl (C=O) groups excluding carboxylic acids is 1. The average Bonchev–Trinajstić information content (AvgIpc) is 2.75. The molecule has 0 aliphatic rings. The Morgan fingerprint density at radius 1 is 1.00 bits per heavy atom. The number of nitrogens with one attached hydrogen (secondary N) is 1. The van der Waals surface area contributed by atoms with Gasteiger partial charge in [0.2, 0.25) is 0 Å². The maximum Gasteiger partial charge on any atom is 0.274 e. The van der Waals surface area contributed by atoms with Gasteiger partial charge in [-0.1, -0.05) is 30.3 Å². The number of hydrogen-bond acceptors (Lipinski definition) is 5. The SMILES string of the molecule is CCN(CC)c1cc(C(=O)Nc2ccc(OCc3ccccc3)cc2)ncn1. The van der Waals surface area contributed by atoms with Gasteiger partial charge in [0.25, 0.3) is 5.91 Å². The van der Waals surface area contributed by atoms with E-state index in [1.165, 1.54) is 6.33 Å². The Balaban J connectivity index is 1.60. The number of carbonyl (C=O) groups is 1. The van der Waals surface area contributed by atoms with Crippen LogP contribution in [-0.2, 0) is 6.61 Å². The van der Waals surface area contributed by atoms with Crippen LogP contribution in [0.5, 0.6) is 5.75 Å². The maximum absolute atomic E-state index is 12.5. The second kappa shape index (κ2) is 9.50. The van der Waals surface area contributed by atoms with Crippen molar-refractivity contribution in [1.29, 1.82) is 0 Å². The number of anilines is 2. The third kappa shape index (κ3) is 5.07. The minimum absolute atomic E-state index is 0.270. The first kappa shape index (κ1) is 19.4. The topological polar surface area (TPSA) is 67.4 Å². The van der Waals surface area contributed by atoms with E-state index in [1.54, 1.807) is 6.07 Å². The van der Waals surface area contributed by atoms with Crippen molar-refractivity contribution in [3.63, 3.8) is 0 Å². The van der Waals surface area contributed by atoms with Crippen LogP contribution in [0.3, 0.4) is 0 Å². The highest BCUT2D eigenvalue weighted by Crippen LogP contribution is 2.18. The summed E-state index contributed by atoms with van der Waals surface area (Å²) in [6, 6.07) is 19.0. The molecule has 1 amide bonds. The van der Waals surface area contributed by atoms with Crippen molar-refractivity contribution < 1.29 is 9.53 Å². The molecule has 3 rings (SSSR count). The summed E-state index contributed by atoms with van der Waals surface area (Å²) < 4.78 is 5.76. The van der Waals surface area contributed by atoms with Gasteiger partial charge in [-0.25, -0.2) is 9.97 Å². The zero-order valence-corrected chi connectivity index (χ0v) is 16.1. The summed E-state index contributed by atoms with van der Waals surface area (Å²) in [7, 11) is 0. The number of hydrogen-bond donors (Lipinski definition) is 1. The first-order chi connectivity index (χ1) is 13.7. The highest BCUT2D eigenvalue weighted by atomic mass is 16.5. The minimum Gasteiger partial charge on any atom is -0.489 e. The van der Waals surface area contributed by atoms with Crippen molar-refractivity contribution in [3.05, 3.63) is 78.2 Å². The molecule has 3 aromatic rings. The van der Waals surface area contributed by atoms with Gasteiger partial charge in [0.1, 0.15) is 30.2 Å². The molecule has 0 fully saturated rings. The molecule has 0 bridgehead atoms. The lowest BCUT2D eigenvalue weighted by atomic mass is 10.2. The Bertz CT molecular complexity index is 894. The van der Waals surface area contributed by atoms with E-state index in [1.807, 2.05) is 68.4 Å². The maximum atomic E-state index is 12.5. The molecule has 0 radical (unpaired) electrons. The Hall–Kier alpha value is -3.41. The van der Waals surface area contributed by atoms with E-state index in [0.717, 1.165) is 30.2 Å². The van der Waals surface area contributed by atoms with Crippen molar-refractivity contribution in [3.8, 4) is 5.75 Å². The Morgan fingerprint density at radius 3 is 2.39 bits per heavy atom. The summed E-state index contributed by atoms with van der Waals surface area (Å²) >= 11 is 0. The van der Waals surface area contributed by atoms with Crippen LogP contribution in [0.25, 0.3) is 0 Å². The van der Waals surface area contributed by atoms with Crippen molar-refractivity contribution in [2.75, 3.05) is 23.3 Å². The van der Waals surface area contributed by atoms with Crippen LogP contribution in [0.4, 0.5) is 11.5 Å².